The van der Waals surface area contributed by atoms with Gasteiger partial charge in [-0.05, 0) is 0 Å². The van der Waals surface area contributed by atoms with Gasteiger partial charge < -0.3 is 19.3 Å². The average molecular weight is 403 g/mol. The molecule has 0 unspecified atom stereocenters. The van der Waals surface area contributed by atoms with Gasteiger partial charge in [0.25, 0.3) is 0 Å². The molecule has 1 heteroatoms. The number of hydrogen-bond donors (Lipinski definition) is 0. The van der Waals surface area contributed by atoms with Crippen LogP contribution in [0.15, 0.2) is 17.7 Å². The Morgan fingerprint density at radius 1 is 0.938 bits per heavy atom. The average Bonchev–Trinajstić information content (AvgIpc) is 2.60. The molecule has 0 radical (unpaired) electrons. The third-order valence-electron chi connectivity index (χ3n) is 0.867. The second-order valence-electron chi connectivity index (χ2n) is 3.20. The van der Waals surface area contributed by atoms with E-state index in [1.165, 1.54) is 5.57 Å². The van der Waals surface area contributed by atoms with Crippen molar-refractivity contribution in [3.63, 3.8) is 0 Å². The van der Waals surface area contributed by atoms with Crippen molar-refractivity contribution in [2.24, 2.45) is 0 Å². The molecule has 0 aliphatic heterocycles. The summed E-state index contributed by atoms with van der Waals surface area (Å²) in [6, 6.07) is 0. The standard InChI is InChI=1S/C6H7.3C3H7.Pt/c1-6-4-2-3-5-6;3*1-3-2;/h2,4H,3H2,1H3;3*3H,1-2H3;/q4*-1;+4. The predicted octanol–water partition coefficient (Wildman–Crippen LogP) is 5.38. The quantitative estimate of drug-likeness (QED) is 0.476. The van der Waals surface area contributed by atoms with E-state index in [1.807, 2.05) is 60.8 Å². The monoisotopic (exact) mass is 403 g/mol. The van der Waals surface area contributed by atoms with Crippen molar-refractivity contribution >= 4 is 0 Å². The van der Waals surface area contributed by atoms with Crippen molar-refractivity contribution in [1.82, 2.24) is 0 Å². The third kappa shape index (κ3) is 47.8. The van der Waals surface area contributed by atoms with Crippen LogP contribution in [0.4, 0.5) is 0 Å². The molecule has 0 aromatic rings. The van der Waals surface area contributed by atoms with Gasteiger partial charge >= 0.3 is 21.1 Å². The first-order chi connectivity index (χ1) is 7.14. The summed E-state index contributed by atoms with van der Waals surface area (Å²) in [5.41, 5.74) is 1.27. The second kappa shape index (κ2) is 29.4. The normalized spacial score (nSPS) is 10.3. The molecule has 98 valence electrons. The maximum atomic E-state index is 3.12. The van der Waals surface area contributed by atoms with Gasteiger partial charge in [0, 0.05) is 0 Å². The predicted molar refractivity (Wildman–Crippen MR) is 73.1 cm³/mol. The number of allylic oxidation sites excluding steroid dienone is 4. The zero-order valence-corrected chi connectivity index (χ0v) is 14.2. The van der Waals surface area contributed by atoms with Gasteiger partial charge in [0.1, 0.15) is 0 Å². The molecule has 0 saturated carbocycles. The fourth-order valence-electron chi connectivity index (χ4n) is 0.515. The van der Waals surface area contributed by atoms with Crippen molar-refractivity contribution in [2.75, 3.05) is 0 Å². The summed E-state index contributed by atoms with van der Waals surface area (Å²) in [4.78, 5) is 0. The van der Waals surface area contributed by atoms with Crippen LogP contribution in [0.5, 0.6) is 0 Å². The summed E-state index contributed by atoms with van der Waals surface area (Å²) in [5.74, 6) is 0. The summed E-state index contributed by atoms with van der Waals surface area (Å²) in [6.45, 7) is 14.1. The van der Waals surface area contributed by atoms with Crippen LogP contribution in [0.1, 0.15) is 54.9 Å². The zero-order chi connectivity index (χ0) is 12.5. The van der Waals surface area contributed by atoms with E-state index >= 15 is 0 Å². The molecule has 0 N–H and O–H groups in total. The van der Waals surface area contributed by atoms with Crippen molar-refractivity contribution < 1.29 is 21.1 Å². The van der Waals surface area contributed by atoms with Gasteiger partial charge in [-0.15, -0.1) is 6.42 Å². The Bertz CT molecular complexity index is 127. The van der Waals surface area contributed by atoms with E-state index in [-0.39, 0.29) is 21.1 Å². The molecule has 0 aromatic carbocycles. The molecule has 0 atom stereocenters. The van der Waals surface area contributed by atoms with Gasteiger partial charge in [-0.25, -0.2) is 11.6 Å². The first-order valence-electron chi connectivity index (χ1n) is 5.60. The molecule has 0 nitrogen and oxygen atoms in total. The molecule has 0 saturated heterocycles. The van der Waals surface area contributed by atoms with Crippen LogP contribution in [0.25, 0.3) is 0 Å². The Labute approximate surface area is 119 Å². The molecule has 0 fully saturated rings. The molecule has 0 spiro atoms. The molecule has 0 aromatic heterocycles. The molecule has 0 bridgehead atoms. The van der Waals surface area contributed by atoms with Crippen LogP contribution in [0.2, 0.25) is 0 Å². The van der Waals surface area contributed by atoms with Crippen LogP contribution in [0, 0.1) is 25.3 Å². The van der Waals surface area contributed by atoms with Crippen molar-refractivity contribution in [2.45, 2.75) is 54.9 Å². The van der Waals surface area contributed by atoms with Gasteiger partial charge in [0.2, 0.25) is 0 Å². The number of rotatable bonds is 0. The van der Waals surface area contributed by atoms with Crippen LogP contribution in [-0.2, 0) is 21.1 Å². The molecule has 1 aliphatic carbocycles. The molecule has 1 rings (SSSR count). The Hall–Kier alpha value is 0.168. The Kier molecular flexibility index (Phi) is 46.2. The minimum Gasteiger partial charge on any atom is -0.335 e. The van der Waals surface area contributed by atoms with E-state index in [4.69, 9.17) is 0 Å². The van der Waals surface area contributed by atoms with Crippen molar-refractivity contribution in [3.8, 4) is 0 Å². The Morgan fingerprint density at radius 2 is 1.25 bits per heavy atom. The van der Waals surface area contributed by atoms with Crippen LogP contribution in [0.3, 0.4) is 0 Å². The maximum absolute atomic E-state index is 3.12. The molecular weight excluding hydrogens is 375 g/mol. The van der Waals surface area contributed by atoms with Gasteiger partial charge in [-0.2, -0.15) is 47.6 Å². The van der Waals surface area contributed by atoms with E-state index in [2.05, 4.69) is 25.2 Å². The summed E-state index contributed by atoms with van der Waals surface area (Å²) in [6.07, 6.45) is 14.3. The van der Waals surface area contributed by atoms with E-state index in [1.54, 1.807) is 0 Å². The van der Waals surface area contributed by atoms with E-state index in [0.29, 0.717) is 0 Å². The van der Waals surface area contributed by atoms with Gasteiger partial charge in [0.05, 0.1) is 0 Å². The fraction of sp³-hybridized carbons (Fsp3) is 0.533. The first-order valence-corrected chi connectivity index (χ1v) is 5.60. The topological polar surface area (TPSA) is 0 Å². The summed E-state index contributed by atoms with van der Waals surface area (Å²) in [7, 11) is 0. The van der Waals surface area contributed by atoms with E-state index < -0.39 is 0 Å². The van der Waals surface area contributed by atoms with E-state index in [9.17, 15) is 0 Å². The minimum absolute atomic E-state index is 0. The van der Waals surface area contributed by atoms with E-state index in [0.717, 1.165) is 6.42 Å². The molecular formula is C15H28Pt. The Morgan fingerprint density at radius 3 is 1.31 bits per heavy atom. The molecule has 1 aliphatic rings. The van der Waals surface area contributed by atoms with Crippen LogP contribution >= 0.6 is 0 Å². The fourth-order valence-corrected chi connectivity index (χ4v) is 0.515. The molecule has 0 amide bonds. The summed E-state index contributed by atoms with van der Waals surface area (Å²) < 4.78 is 0. The zero-order valence-electron chi connectivity index (χ0n) is 11.9. The third-order valence-corrected chi connectivity index (χ3v) is 0.867. The van der Waals surface area contributed by atoms with Gasteiger partial charge in [0.15, 0.2) is 0 Å². The SMILES string of the molecule is CC1=[C-]CC=C1.C[CH-]C.C[CH-]C.C[CH-]C.[Pt+4]. The smallest absolute Gasteiger partial charge is 0.335 e. The van der Waals surface area contributed by atoms with Crippen LogP contribution in [-0.4, -0.2) is 0 Å². The summed E-state index contributed by atoms with van der Waals surface area (Å²) in [5, 5.41) is 0. The first kappa shape index (κ1) is 25.1. The van der Waals surface area contributed by atoms with Crippen LogP contribution < -0.4 is 0 Å². The molecule has 16 heavy (non-hydrogen) atoms. The summed E-state index contributed by atoms with van der Waals surface area (Å²) >= 11 is 0. The number of hydrogen-bond acceptors (Lipinski definition) is 0. The minimum atomic E-state index is 0. The van der Waals surface area contributed by atoms with Crippen molar-refractivity contribution in [3.05, 3.63) is 43.1 Å². The Balaban J connectivity index is -0.0000000637. The molecule has 0 heterocycles. The second-order valence-corrected chi connectivity index (χ2v) is 3.20. The van der Waals surface area contributed by atoms with Gasteiger partial charge in [-0.1, -0.05) is 6.92 Å². The van der Waals surface area contributed by atoms with Gasteiger partial charge in [-0.3, -0.25) is 6.08 Å². The maximum Gasteiger partial charge on any atom is 4.00 e. The largest absolute Gasteiger partial charge is 4.00 e. The van der Waals surface area contributed by atoms with Crippen molar-refractivity contribution in [1.29, 1.82) is 0 Å².